The van der Waals surface area contributed by atoms with E-state index >= 15 is 0 Å². The van der Waals surface area contributed by atoms with E-state index in [1.54, 1.807) is 6.08 Å². The number of amides is 1. The van der Waals surface area contributed by atoms with Gasteiger partial charge in [0.05, 0.1) is 6.10 Å². The Morgan fingerprint density at radius 2 is 2.14 bits per heavy atom. The van der Waals surface area contributed by atoms with E-state index in [0.717, 1.165) is 19.3 Å². The minimum absolute atomic E-state index is 0.0265. The summed E-state index contributed by atoms with van der Waals surface area (Å²) in [6.07, 6.45) is 3.92. The van der Waals surface area contributed by atoms with E-state index in [0.29, 0.717) is 19.6 Å². The number of rotatable bonds is 7. The van der Waals surface area contributed by atoms with Crippen molar-refractivity contribution in [3.63, 3.8) is 0 Å². The zero-order chi connectivity index (χ0) is 15.1. The molecule has 4 nitrogen and oxygen atoms in total. The summed E-state index contributed by atoms with van der Waals surface area (Å²) in [6, 6.07) is 10.2. The van der Waals surface area contributed by atoms with Crippen LogP contribution < -0.4 is 5.73 Å². The third-order valence-corrected chi connectivity index (χ3v) is 3.82. The van der Waals surface area contributed by atoms with Gasteiger partial charge in [-0.3, -0.25) is 4.79 Å². The highest BCUT2D eigenvalue weighted by atomic mass is 16.5. The highest BCUT2D eigenvalue weighted by Gasteiger charge is 2.32. The lowest BCUT2D eigenvalue weighted by Gasteiger charge is -2.24. The van der Waals surface area contributed by atoms with Crippen LogP contribution in [0.25, 0.3) is 0 Å². The summed E-state index contributed by atoms with van der Waals surface area (Å²) >= 11 is 0. The zero-order valence-electron chi connectivity index (χ0n) is 12.4. The average Bonchev–Trinajstić information content (AvgIpc) is 3.01. The number of nitrogens with zero attached hydrogens (tertiary/aromatic N) is 1. The molecule has 2 N–H and O–H groups in total. The predicted octanol–water partition coefficient (Wildman–Crippen LogP) is 1.75. The molecule has 1 amide bonds. The quantitative estimate of drug-likeness (QED) is 0.778. The van der Waals surface area contributed by atoms with Gasteiger partial charge in [0.2, 0.25) is 0 Å². The van der Waals surface area contributed by atoms with Gasteiger partial charge in [-0.15, -0.1) is 6.58 Å². The molecule has 0 spiro atoms. The van der Waals surface area contributed by atoms with E-state index in [2.05, 4.69) is 18.7 Å². The molecular formula is C17H24N2O2. The second-order valence-corrected chi connectivity index (χ2v) is 5.37. The first kappa shape index (κ1) is 15.7. The molecule has 0 aliphatic carbocycles. The number of hydrogen-bond donors (Lipinski definition) is 1. The van der Waals surface area contributed by atoms with E-state index in [1.807, 2.05) is 23.1 Å². The number of carbonyl (C=O) groups excluding carboxylic acids is 1. The second kappa shape index (κ2) is 7.96. The molecule has 1 heterocycles. The van der Waals surface area contributed by atoms with Gasteiger partial charge >= 0.3 is 0 Å². The van der Waals surface area contributed by atoms with Crippen LogP contribution in [0.2, 0.25) is 0 Å². The van der Waals surface area contributed by atoms with E-state index < -0.39 is 0 Å². The molecular weight excluding hydrogens is 264 g/mol. The third kappa shape index (κ3) is 4.41. The van der Waals surface area contributed by atoms with Crippen molar-refractivity contribution >= 4 is 5.91 Å². The molecule has 4 heteroatoms. The Bertz CT molecular complexity index is 461. The topological polar surface area (TPSA) is 55.6 Å². The zero-order valence-corrected chi connectivity index (χ0v) is 12.4. The lowest BCUT2D eigenvalue weighted by atomic mass is 10.1. The van der Waals surface area contributed by atoms with Gasteiger partial charge in [0.15, 0.2) is 0 Å². The number of benzene rings is 1. The molecule has 1 saturated heterocycles. The molecule has 0 unspecified atom stereocenters. The third-order valence-electron chi connectivity index (χ3n) is 3.82. The predicted molar refractivity (Wildman–Crippen MR) is 83.9 cm³/mol. The van der Waals surface area contributed by atoms with Crippen LogP contribution in [0.4, 0.5) is 0 Å². The maximum Gasteiger partial charge on any atom is 0.252 e. The first-order valence-electron chi connectivity index (χ1n) is 7.53. The Hall–Kier alpha value is -1.65. The summed E-state index contributed by atoms with van der Waals surface area (Å²) in [6.45, 7) is 5.46. The van der Waals surface area contributed by atoms with Gasteiger partial charge in [0.25, 0.3) is 5.91 Å². The summed E-state index contributed by atoms with van der Waals surface area (Å²) in [5, 5.41) is 0. The van der Waals surface area contributed by atoms with Gasteiger partial charge < -0.3 is 15.4 Å². The molecule has 2 atom stereocenters. The van der Waals surface area contributed by atoms with Crippen LogP contribution in [0, 0.1) is 0 Å². The van der Waals surface area contributed by atoms with Crippen molar-refractivity contribution in [2.45, 2.75) is 31.5 Å². The van der Waals surface area contributed by atoms with Gasteiger partial charge in [0, 0.05) is 19.6 Å². The highest BCUT2D eigenvalue weighted by molar-refractivity contribution is 5.81. The van der Waals surface area contributed by atoms with Crippen LogP contribution in [-0.4, -0.2) is 42.6 Å². The van der Waals surface area contributed by atoms with Crippen molar-refractivity contribution in [3.05, 3.63) is 48.6 Å². The normalized spacial score (nSPS) is 21.2. The van der Waals surface area contributed by atoms with Crippen molar-refractivity contribution in [1.82, 2.24) is 4.90 Å². The van der Waals surface area contributed by atoms with Crippen LogP contribution in [0.1, 0.15) is 18.4 Å². The molecule has 0 radical (unpaired) electrons. The Morgan fingerprint density at radius 3 is 2.76 bits per heavy atom. The van der Waals surface area contributed by atoms with Crippen molar-refractivity contribution in [2.75, 3.05) is 19.6 Å². The van der Waals surface area contributed by atoms with Crippen molar-refractivity contribution < 1.29 is 9.53 Å². The minimum Gasteiger partial charge on any atom is -0.364 e. The molecule has 0 bridgehead atoms. The summed E-state index contributed by atoms with van der Waals surface area (Å²) in [5.41, 5.74) is 6.83. The molecule has 1 fully saturated rings. The molecule has 0 aromatic heterocycles. The van der Waals surface area contributed by atoms with E-state index in [9.17, 15) is 4.79 Å². The van der Waals surface area contributed by atoms with Crippen LogP contribution >= 0.6 is 0 Å². The maximum atomic E-state index is 12.5. The summed E-state index contributed by atoms with van der Waals surface area (Å²) in [7, 11) is 0. The lowest BCUT2D eigenvalue weighted by Crippen LogP contribution is -2.41. The van der Waals surface area contributed by atoms with Gasteiger partial charge in [-0.05, 0) is 24.8 Å². The first-order chi connectivity index (χ1) is 10.2. The number of hydrogen-bond acceptors (Lipinski definition) is 3. The molecule has 1 aliphatic rings. The minimum atomic E-state index is -0.339. The number of carbonyl (C=O) groups is 1. The van der Waals surface area contributed by atoms with Gasteiger partial charge in [0.1, 0.15) is 6.10 Å². The van der Waals surface area contributed by atoms with Crippen LogP contribution in [0.5, 0.6) is 0 Å². The monoisotopic (exact) mass is 288 g/mol. The fourth-order valence-electron chi connectivity index (χ4n) is 2.62. The van der Waals surface area contributed by atoms with Gasteiger partial charge in [-0.1, -0.05) is 36.4 Å². The Balaban J connectivity index is 1.91. The van der Waals surface area contributed by atoms with E-state index in [-0.39, 0.29) is 18.1 Å². The largest absolute Gasteiger partial charge is 0.364 e. The maximum absolute atomic E-state index is 12.5. The Kier molecular flexibility index (Phi) is 5.96. The van der Waals surface area contributed by atoms with Crippen molar-refractivity contribution in [1.29, 1.82) is 0 Å². The summed E-state index contributed by atoms with van der Waals surface area (Å²) < 4.78 is 5.70. The SMILES string of the molecule is C=CCN(CCc1ccccc1)C(=O)[C@@H]1CC[C@H](CN)O1. The lowest BCUT2D eigenvalue weighted by molar-refractivity contribution is -0.142. The van der Waals surface area contributed by atoms with Crippen LogP contribution in [0.15, 0.2) is 43.0 Å². The van der Waals surface area contributed by atoms with E-state index in [1.165, 1.54) is 5.56 Å². The Labute approximate surface area is 126 Å². The standard InChI is InChI=1S/C17H24N2O2/c1-2-11-19(12-10-14-6-4-3-5-7-14)17(20)16-9-8-15(13-18)21-16/h2-7,15-16H,1,8-13,18H2/t15-,16+/m1/s1. The molecule has 1 aromatic rings. The highest BCUT2D eigenvalue weighted by Crippen LogP contribution is 2.21. The van der Waals surface area contributed by atoms with Crippen molar-refractivity contribution in [3.8, 4) is 0 Å². The molecule has 2 rings (SSSR count). The smallest absolute Gasteiger partial charge is 0.252 e. The fraction of sp³-hybridized carbons (Fsp3) is 0.471. The molecule has 114 valence electrons. The molecule has 1 aliphatic heterocycles. The van der Waals surface area contributed by atoms with E-state index in [4.69, 9.17) is 10.5 Å². The number of ether oxygens (including phenoxy) is 1. The average molecular weight is 288 g/mol. The fourth-order valence-corrected chi connectivity index (χ4v) is 2.62. The summed E-state index contributed by atoms with van der Waals surface area (Å²) in [4.78, 5) is 14.4. The number of nitrogens with two attached hydrogens (primary N) is 1. The molecule has 21 heavy (non-hydrogen) atoms. The molecule has 0 saturated carbocycles. The first-order valence-corrected chi connectivity index (χ1v) is 7.53. The summed E-state index contributed by atoms with van der Waals surface area (Å²) in [5.74, 6) is 0.0572. The Morgan fingerprint density at radius 1 is 1.38 bits per heavy atom. The van der Waals surface area contributed by atoms with Gasteiger partial charge in [-0.25, -0.2) is 0 Å². The van der Waals surface area contributed by atoms with Crippen LogP contribution in [-0.2, 0) is 16.0 Å². The molecule has 1 aromatic carbocycles. The van der Waals surface area contributed by atoms with Crippen molar-refractivity contribution in [2.24, 2.45) is 5.73 Å². The van der Waals surface area contributed by atoms with Crippen LogP contribution in [0.3, 0.4) is 0 Å². The van der Waals surface area contributed by atoms with Gasteiger partial charge in [-0.2, -0.15) is 0 Å². The second-order valence-electron chi connectivity index (χ2n) is 5.37.